The minimum atomic E-state index is -0.957. The SMILES string of the molecule is NC(=O)c1cccc2c(NCC3CC=C/C(=N/C(O)c4ccn[nH]4)C3)ncnc12. The minimum absolute atomic E-state index is 0.289. The lowest BCUT2D eigenvalue weighted by Crippen LogP contribution is -2.21. The van der Waals surface area contributed by atoms with Gasteiger partial charge in [-0.05, 0) is 43.0 Å². The molecule has 1 aliphatic rings. The number of aromatic amines is 1. The van der Waals surface area contributed by atoms with Crippen molar-refractivity contribution in [2.45, 2.75) is 19.1 Å². The van der Waals surface area contributed by atoms with Crippen LogP contribution in [-0.2, 0) is 0 Å². The molecule has 2 atom stereocenters. The Labute approximate surface area is 166 Å². The molecule has 1 aliphatic carbocycles. The van der Waals surface area contributed by atoms with Crippen LogP contribution in [-0.4, -0.2) is 43.4 Å². The van der Waals surface area contributed by atoms with Crippen LogP contribution in [0.1, 0.15) is 35.1 Å². The summed E-state index contributed by atoms with van der Waals surface area (Å²) >= 11 is 0. The van der Waals surface area contributed by atoms with E-state index in [1.54, 1.807) is 24.4 Å². The summed E-state index contributed by atoms with van der Waals surface area (Å²) in [5, 5.41) is 20.8. The number of hydrogen-bond donors (Lipinski definition) is 4. The number of allylic oxidation sites excluding steroid dienone is 2. The molecule has 29 heavy (non-hydrogen) atoms. The van der Waals surface area contributed by atoms with Gasteiger partial charge in [0.2, 0.25) is 0 Å². The fraction of sp³-hybridized carbons (Fsp3) is 0.250. The number of anilines is 1. The van der Waals surface area contributed by atoms with Crippen molar-refractivity contribution in [2.24, 2.45) is 16.6 Å². The van der Waals surface area contributed by atoms with Gasteiger partial charge in [-0.15, -0.1) is 0 Å². The van der Waals surface area contributed by atoms with E-state index in [-0.39, 0.29) is 5.92 Å². The average molecular weight is 391 g/mol. The third-order valence-electron chi connectivity index (χ3n) is 4.85. The molecule has 2 aromatic heterocycles. The van der Waals surface area contributed by atoms with E-state index in [4.69, 9.17) is 5.73 Å². The topological polar surface area (TPSA) is 142 Å². The van der Waals surface area contributed by atoms with Gasteiger partial charge in [0.1, 0.15) is 12.1 Å². The first-order valence-corrected chi connectivity index (χ1v) is 9.30. The van der Waals surface area contributed by atoms with Crippen molar-refractivity contribution in [1.29, 1.82) is 0 Å². The number of fused-ring (bicyclic) bond motifs is 1. The van der Waals surface area contributed by atoms with Gasteiger partial charge >= 0.3 is 0 Å². The lowest BCUT2D eigenvalue weighted by Gasteiger charge is -2.21. The van der Waals surface area contributed by atoms with E-state index in [0.29, 0.717) is 29.1 Å². The number of H-pyrrole nitrogens is 1. The number of primary amides is 1. The summed E-state index contributed by atoms with van der Waals surface area (Å²) in [6.07, 6.45) is 7.66. The highest BCUT2D eigenvalue weighted by Gasteiger charge is 2.17. The van der Waals surface area contributed by atoms with Gasteiger partial charge < -0.3 is 16.2 Å². The van der Waals surface area contributed by atoms with Crippen molar-refractivity contribution in [1.82, 2.24) is 20.2 Å². The summed E-state index contributed by atoms with van der Waals surface area (Å²) < 4.78 is 0. The molecule has 0 radical (unpaired) electrons. The van der Waals surface area contributed by atoms with E-state index in [1.807, 2.05) is 12.1 Å². The Bertz CT molecular complexity index is 1080. The van der Waals surface area contributed by atoms with Gasteiger partial charge in [-0.2, -0.15) is 5.10 Å². The number of carbonyl (C=O) groups is 1. The maximum Gasteiger partial charge on any atom is 0.250 e. The van der Waals surface area contributed by atoms with Crippen molar-refractivity contribution in [3.05, 3.63) is 60.2 Å². The molecule has 1 aromatic carbocycles. The molecule has 2 heterocycles. The van der Waals surface area contributed by atoms with Crippen LogP contribution >= 0.6 is 0 Å². The van der Waals surface area contributed by atoms with E-state index in [9.17, 15) is 9.90 Å². The van der Waals surface area contributed by atoms with Gasteiger partial charge in [-0.3, -0.25) is 14.9 Å². The molecular weight excluding hydrogens is 370 g/mol. The lowest BCUT2D eigenvalue weighted by molar-refractivity contribution is 0.100. The monoisotopic (exact) mass is 391 g/mol. The second-order valence-corrected chi connectivity index (χ2v) is 6.88. The fourth-order valence-electron chi connectivity index (χ4n) is 3.40. The highest BCUT2D eigenvalue weighted by molar-refractivity contribution is 6.06. The number of rotatable bonds is 6. The third-order valence-corrected chi connectivity index (χ3v) is 4.85. The number of aromatic nitrogens is 4. The van der Waals surface area contributed by atoms with Crippen LogP contribution in [0.3, 0.4) is 0 Å². The second-order valence-electron chi connectivity index (χ2n) is 6.88. The van der Waals surface area contributed by atoms with Crippen LogP contribution in [0, 0.1) is 5.92 Å². The van der Waals surface area contributed by atoms with Crippen LogP contribution in [0.15, 0.2) is 53.9 Å². The number of nitrogens with two attached hydrogens (primary N) is 1. The fourth-order valence-corrected chi connectivity index (χ4v) is 3.40. The predicted molar refractivity (Wildman–Crippen MR) is 109 cm³/mol. The lowest BCUT2D eigenvalue weighted by atomic mass is 9.93. The van der Waals surface area contributed by atoms with Crippen LogP contribution in [0.4, 0.5) is 5.82 Å². The molecule has 0 bridgehead atoms. The van der Waals surface area contributed by atoms with Crippen LogP contribution in [0.2, 0.25) is 0 Å². The van der Waals surface area contributed by atoms with Gasteiger partial charge in [0.15, 0.2) is 6.23 Å². The number of nitrogens with one attached hydrogen (secondary N) is 2. The van der Waals surface area contributed by atoms with Crippen molar-refractivity contribution in [3.8, 4) is 0 Å². The molecule has 0 fully saturated rings. The molecule has 0 saturated carbocycles. The Kier molecular flexibility index (Phi) is 5.30. The van der Waals surface area contributed by atoms with Gasteiger partial charge in [0.05, 0.1) is 16.8 Å². The smallest absolute Gasteiger partial charge is 0.250 e. The van der Waals surface area contributed by atoms with E-state index >= 15 is 0 Å². The summed E-state index contributed by atoms with van der Waals surface area (Å²) in [4.78, 5) is 24.5. The first-order chi connectivity index (χ1) is 14.1. The summed E-state index contributed by atoms with van der Waals surface area (Å²) in [5.41, 5.74) is 7.73. The van der Waals surface area contributed by atoms with Crippen molar-refractivity contribution < 1.29 is 9.90 Å². The van der Waals surface area contributed by atoms with Crippen molar-refractivity contribution in [3.63, 3.8) is 0 Å². The summed E-state index contributed by atoms with van der Waals surface area (Å²) in [5.74, 6) is 0.426. The highest BCUT2D eigenvalue weighted by Crippen LogP contribution is 2.24. The Balaban J connectivity index is 1.46. The van der Waals surface area contributed by atoms with Crippen LogP contribution in [0.5, 0.6) is 0 Å². The zero-order valence-electron chi connectivity index (χ0n) is 15.6. The highest BCUT2D eigenvalue weighted by atomic mass is 16.3. The number of carbonyl (C=O) groups excluding carboxylic acids is 1. The molecule has 148 valence electrons. The number of aliphatic imine (C=N–C) groups is 1. The van der Waals surface area contributed by atoms with Crippen molar-refractivity contribution in [2.75, 3.05) is 11.9 Å². The Hall–Kier alpha value is -3.59. The minimum Gasteiger partial charge on any atom is -0.369 e. The molecule has 0 saturated heterocycles. The van der Waals surface area contributed by atoms with E-state index in [2.05, 4.69) is 36.6 Å². The Morgan fingerprint density at radius 3 is 3.07 bits per heavy atom. The quantitative estimate of drug-likeness (QED) is 0.506. The normalized spacial score (nSPS) is 18.8. The molecule has 2 unspecified atom stereocenters. The van der Waals surface area contributed by atoms with E-state index in [0.717, 1.165) is 23.9 Å². The molecule has 5 N–H and O–H groups in total. The molecule has 4 rings (SSSR count). The molecule has 0 aliphatic heterocycles. The molecule has 0 spiro atoms. The number of benzene rings is 1. The number of aliphatic hydroxyl groups is 1. The first-order valence-electron chi connectivity index (χ1n) is 9.30. The number of amides is 1. The zero-order valence-corrected chi connectivity index (χ0v) is 15.6. The summed E-state index contributed by atoms with van der Waals surface area (Å²) in [6, 6.07) is 6.97. The number of nitrogens with zero attached hydrogens (tertiary/aromatic N) is 4. The van der Waals surface area contributed by atoms with Gasteiger partial charge in [-0.1, -0.05) is 12.1 Å². The van der Waals surface area contributed by atoms with Gasteiger partial charge in [0, 0.05) is 23.8 Å². The maximum atomic E-state index is 11.6. The largest absolute Gasteiger partial charge is 0.369 e. The maximum absolute atomic E-state index is 11.6. The van der Waals surface area contributed by atoms with E-state index < -0.39 is 12.1 Å². The van der Waals surface area contributed by atoms with Gasteiger partial charge in [0.25, 0.3) is 5.91 Å². The Morgan fingerprint density at radius 2 is 2.28 bits per heavy atom. The molecular formula is C20H21N7O2. The number of para-hydroxylation sites is 1. The Morgan fingerprint density at radius 1 is 1.38 bits per heavy atom. The molecule has 9 nitrogen and oxygen atoms in total. The predicted octanol–water partition coefficient (Wildman–Crippen LogP) is 1.96. The molecule has 3 aromatic rings. The molecule has 1 amide bonds. The average Bonchev–Trinajstić information content (AvgIpc) is 3.27. The first kappa shape index (κ1) is 18.8. The summed E-state index contributed by atoms with van der Waals surface area (Å²) in [7, 11) is 0. The van der Waals surface area contributed by atoms with Crippen molar-refractivity contribution >= 4 is 28.3 Å². The molecule has 9 heteroatoms. The number of aliphatic hydroxyl groups excluding tert-OH is 1. The second kappa shape index (κ2) is 8.19. The third kappa shape index (κ3) is 4.14. The van der Waals surface area contributed by atoms with Crippen LogP contribution < -0.4 is 11.1 Å². The van der Waals surface area contributed by atoms with E-state index in [1.165, 1.54) is 6.33 Å². The van der Waals surface area contributed by atoms with Crippen LogP contribution in [0.25, 0.3) is 10.9 Å². The van der Waals surface area contributed by atoms with Gasteiger partial charge in [-0.25, -0.2) is 9.97 Å². The summed E-state index contributed by atoms with van der Waals surface area (Å²) in [6.45, 7) is 0.663. The standard InChI is InChI=1S/C20H21N7O2/c21-18(28)14-5-2-6-15-17(14)23-11-24-19(15)22-10-12-3-1-4-13(9-12)26-20(29)16-7-8-25-27-16/h1-2,4-8,11-12,20,29H,3,9-10H2,(H2,21,28)(H,25,27)(H,22,23,24)/b26-13-. The zero-order chi connectivity index (χ0) is 20.2. The number of hydrogen-bond acceptors (Lipinski definition) is 7.